The predicted octanol–water partition coefficient (Wildman–Crippen LogP) is 4.35. The molecule has 0 aliphatic rings. The van der Waals surface area contributed by atoms with Crippen molar-refractivity contribution < 1.29 is 13.5 Å². The van der Waals surface area contributed by atoms with E-state index in [4.69, 9.17) is 10.5 Å². The fourth-order valence-electron chi connectivity index (χ4n) is 2.06. The topological polar surface area (TPSA) is 35.2 Å². The first kappa shape index (κ1) is 15.4. The number of hydrogen-bond acceptors (Lipinski definition) is 2. The fourth-order valence-corrected chi connectivity index (χ4v) is 2.06. The number of halogens is 2. The monoisotopic (exact) mass is 291 g/mol. The van der Waals surface area contributed by atoms with E-state index in [0.29, 0.717) is 5.75 Å². The highest BCUT2D eigenvalue weighted by atomic mass is 19.2. The van der Waals surface area contributed by atoms with E-state index in [1.807, 2.05) is 25.1 Å². The molecule has 0 saturated carbocycles. The van der Waals surface area contributed by atoms with Gasteiger partial charge < -0.3 is 10.5 Å². The summed E-state index contributed by atoms with van der Waals surface area (Å²) in [5.41, 5.74) is 8.19. The van der Waals surface area contributed by atoms with Crippen LogP contribution in [-0.4, -0.2) is 6.04 Å². The van der Waals surface area contributed by atoms with Gasteiger partial charge in [0, 0.05) is 12.1 Å². The van der Waals surface area contributed by atoms with E-state index in [-0.39, 0.29) is 11.8 Å². The van der Waals surface area contributed by atoms with E-state index < -0.39 is 11.6 Å². The lowest BCUT2D eigenvalue weighted by Crippen LogP contribution is -2.21. The number of aryl methyl sites for hydroxylation is 1. The summed E-state index contributed by atoms with van der Waals surface area (Å²) < 4.78 is 31.5. The largest absolute Gasteiger partial charge is 0.457 e. The Bertz CT molecular complexity index is 628. The molecule has 21 heavy (non-hydrogen) atoms. The van der Waals surface area contributed by atoms with E-state index in [1.165, 1.54) is 11.6 Å². The van der Waals surface area contributed by atoms with Gasteiger partial charge in [0.15, 0.2) is 11.6 Å². The highest BCUT2D eigenvalue weighted by Crippen LogP contribution is 2.25. The molecule has 0 spiro atoms. The van der Waals surface area contributed by atoms with Gasteiger partial charge in [-0.15, -0.1) is 0 Å². The molecule has 2 nitrogen and oxygen atoms in total. The highest BCUT2D eigenvalue weighted by molar-refractivity contribution is 5.38. The molecule has 0 aliphatic carbocycles. The Labute approximate surface area is 123 Å². The van der Waals surface area contributed by atoms with Gasteiger partial charge in [-0.05, 0) is 55.2 Å². The van der Waals surface area contributed by atoms with Crippen molar-refractivity contribution in [3.63, 3.8) is 0 Å². The number of rotatable bonds is 5. The van der Waals surface area contributed by atoms with Crippen LogP contribution in [0.2, 0.25) is 0 Å². The van der Waals surface area contributed by atoms with Gasteiger partial charge in [-0.3, -0.25) is 0 Å². The zero-order valence-electron chi connectivity index (χ0n) is 12.2. The van der Waals surface area contributed by atoms with Crippen molar-refractivity contribution in [2.45, 2.75) is 32.7 Å². The maximum atomic E-state index is 13.1. The number of ether oxygens (including phenoxy) is 1. The summed E-state index contributed by atoms with van der Waals surface area (Å²) in [6.45, 7) is 4.04. The van der Waals surface area contributed by atoms with Crippen LogP contribution in [0.1, 0.15) is 24.5 Å². The van der Waals surface area contributed by atoms with Crippen molar-refractivity contribution in [3.8, 4) is 11.5 Å². The maximum Gasteiger partial charge on any atom is 0.162 e. The minimum Gasteiger partial charge on any atom is -0.457 e. The first-order valence-electron chi connectivity index (χ1n) is 6.97. The van der Waals surface area contributed by atoms with Crippen molar-refractivity contribution in [1.82, 2.24) is 0 Å². The van der Waals surface area contributed by atoms with Gasteiger partial charge in [0.25, 0.3) is 0 Å². The number of nitrogens with two attached hydrogens (primary N) is 1. The molecular formula is C17H19F2NO. The van der Waals surface area contributed by atoms with E-state index >= 15 is 0 Å². The Hall–Kier alpha value is -1.94. The van der Waals surface area contributed by atoms with Gasteiger partial charge in [0.2, 0.25) is 0 Å². The van der Waals surface area contributed by atoms with E-state index in [9.17, 15) is 8.78 Å². The lowest BCUT2D eigenvalue weighted by Gasteiger charge is -2.13. The second-order valence-electron chi connectivity index (χ2n) is 5.14. The third-order valence-corrected chi connectivity index (χ3v) is 3.45. The average Bonchev–Trinajstić information content (AvgIpc) is 2.45. The van der Waals surface area contributed by atoms with Crippen LogP contribution in [0.3, 0.4) is 0 Å². The molecule has 1 atom stereocenters. The van der Waals surface area contributed by atoms with Crippen molar-refractivity contribution >= 4 is 0 Å². The van der Waals surface area contributed by atoms with Gasteiger partial charge in [0.1, 0.15) is 11.5 Å². The smallest absolute Gasteiger partial charge is 0.162 e. The summed E-state index contributed by atoms with van der Waals surface area (Å²) in [6.07, 6.45) is 1.74. The zero-order valence-corrected chi connectivity index (χ0v) is 12.2. The molecule has 0 heterocycles. The second-order valence-corrected chi connectivity index (χ2v) is 5.14. The van der Waals surface area contributed by atoms with Gasteiger partial charge in [-0.25, -0.2) is 8.78 Å². The van der Waals surface area contributed by atoms with Crippen LogP contribution >= 0.6 is 0 Å². The van der Waals surface area contributed by atoms with E-state index in [1.54, 1.807) is 0 Å². The van der Waals surface area contributed by atoms with Crippen LogP contribution in [0.15, 0.2) is 36.4 Å². The molecule has 0 radical (unpaired) electrons. The lowest BCUT2D eigenvalue weighted by molar-refractivity contribution is 0.461. The van der Waals surface area contributed by atoms with E-state index in [0.717, 1.165) is 30.5 Å². The van der Waals surface area contributed by atoms with Crippen molar-refractivity contribution in [2.75, 3.05) is 0 Å². The highest BCUT2D eigenvalue weighted by Gasteiger charge is 2.08. The molecule has 0 aromatic heterocycles. The van der Waals surface area contributed by atoms with Crippen molar-refractivity contribution in [3.05, 3.63) is 59.2 Å². The molecule has 0 aliphatic heterocycles. The van der Waals surface area contributed by atoms with Crippen LogP contribution in [0.25, 0.3) is 0 Å². The van der Waals surface area contributed by atoms with Gasteiger partial charge in [0.05, 0.1) is 0 Å². The van der Waals surface area contributed by atoms with Gasteiger partial charge >= 0.3 is 0 Å². The second kappa shape index (κ2) is 6.68. The van der Waals surface area contributed by atoms with Crippen molar-refractivity contribution in [1.29, 1.82) is 0 Å². The first-order chi connectivity index (χ1) is 9.99. The van der Waals surface area contributed by atoms with E-state index in [2.05, 4.69) is 6.92 Å². The number of hydrogen-bond donors (Lipinski definition) is 1. The normalized spacial score (nSPS) is 12.2. The molecule has 0 bridgehead atoms. The molecule has 0 saturated heterocycles. The minimum absolute atomic E-state index is 0.140. The van der Waals surface area contributed by atoms with Crippen LogP contribution in [0, 0.1) is 18.6 Å². The third-order valence-electron chi connectivity index (χ3n) is 3.45. The van der Waals surface area contributed by atoms with Crippen LogP contribution < -0.4 is 10.5 Å². The standard InChI is InChI=1S/C17H19F2NO/c1-3-13(20)9-12-4-5-14(8-11(12)2)21-15-6-7-16(18)17(19)10-15/h4-8,10,13H,3,9,20H2,1-2H3. The summed E-state index contributed by atoms with van der Waals surface area (Å²) >= 11 is 0. The minimum atomic E-state index is -0.922. The summed E-state index contributed by atoms with van der Waals surface area (Å²) in [4.78, 5) is 0. The zero-order chi connectivity index (χ0) is 15.4. The molecule has 2 aromatic rings. The molecule has 112 valence electrons. The average molecular weight is 291 g/mol. The molecule has 2 rings (SSSR count). The summed E-state index contributed by atoms with van der Waals surface area (Å²) in [5.74, 6) is -0.948. The molecule has 0 amide bonds. The van der Waals surface area contributed by atoms with Crippen molar-refractivity contribution in [2.24, 2.45) is 5.73 Å². The summed E-state index contributed by atoms with van der Waals surface area (Å²) in [7, 11) is 0. The Morgan fingerprint density at radius 2 is 1.71 bits per heavy atom. The lowest BCUT2D eigenvalue weighted by atomic mass is 10.00. The summed E-state index contributed by atoms with van der Waals surface area (Å²) in [6, 6.07) is 9.26. The Morgan fingerprint density at radius 3 is 2.33 bits per heavy atom. The first-order valence-corrected chi connectivity index (χ1v) is 6.97. The quantitative estimate of drug-likeness (QED) is 0.889. The Balaban J connectivity index is 2.14. The molecule has 2 N–H and O–H groups in total. The molecule has 2 aromatic carbocycles. The maximum absolute atomic E-state index is 13.1. The predicted molar refractivity (Wildman–Crippen MR) is 79.6 cm³/mol. The van der Waals surface area contributed by atoms with Crippen LogP contribution in [0.4, 0.5) is 8.78 Å². The fraction of sp³-hybridized carbons (Fsp3) is 0.294. The van der Waals surface area contributed by atoms with Crippen LogP contribution in [0.5, 0.6) is 11.5 Å². The molecule has 4 heteroatoms. The third kappa shape index (κ3) is 4.02. The SMILES string of the molecule is CCC(N)Cc1ccc(Oc2ccc(F)c(F)c2)cc1C. The van der Waals surface area contributed by atoms with Gasteiger partial charge in [-0.1, -0.05) is 13.0 Å². The van der Waals surface area contributed by atoms with Gasteiger partial charge in [-0.2, -0.15) is 0 Å². The Kier molecular flexibility index (Phi) is 4.91. The molecule has 0 fully saturated rings. The van der Waals surface area contributed by atoms with Crippen LogP contribution in [-0.2, 0) is 6.42 Å². The Morgan fingerprint density at radius 1 is 1.05 bits per heavy atom. The number of benzene rings is 2. The molecule has 1 unspecified atom stereocenters. The summed E-state index contributed by atoms with van der Waals surface area (Å²) in [5, 5.41) is 0. The molecular weight excluding hydrogens is 272 g/mol.